The Hall–Kier alpha value is -1.93. The summed E-state index contributed by atoms with van der Waals surface area (Å²) < 4.78 is 10.6. The predicted octanol–water partition coefficient (Wildman–Crippen LogP) is 1.81. The largest absolute Gasteiger partial charge is 0.383 e. The molecule has 2 amide bonds. The second-order valence-electron chi connectivity index (χ2n) is 8.13. The quantitative estimate of drug-likeness (QED) is 0.663. The molecule has 0 saturated heterocycles. The number of rotatable bonds is 9. The minimum Gasteiger partial charge on any atom is -0.383 e. The van der Waals surface area contributed by atoms with Crippen molar-refractivity contribution >= 4 is 11.8 Å². The zero-order valence-electron chi connectivity index (χ0n) is 16.9. The molecule has 0 aromatic carbocycles. The Kier molecular flexibility index (Phi) is 7.07. The molecule has 1 aromatic heterocycles. The zero-order valence-corrected chi connectivity index (χ0v) is 16.9. The molecule has 1 atom stereocenters. The smallest absolute Gasteiger partial charge is 0.276 e. The molecule has 0 radical (unpaired) electrons. The zero-order chi connectivity index (χ0) is 20.1. The highest BCUT2D eigenvalue weighted by atomic mass is 16.5. The van der Waals surface area contributed by atoms with Crippen LogP contribution in [0.3, 0.4) is 0 Å². The van der Waals surface area contributed by atoms with E-state index in [4.69, 9.17) is 15.0 Å². The minimum absolute atomic E-state index is 0.000896. The first-order valence-corrected chi connectivity index (χ1v) is 10.3. The Balaban J connectivity index is 1.57. The normalized spacial score (nSPS) is 23.2. The van der Waals surface area contributed by atoms with E-state index in [1.54, 1.807) is 13.2 Å². The Labute approximate surface area is 166 Å². The standard InChI is InChI=1S/C20H32N4O4/c1-13(21)11-19(25)22-15-5-7-16(8-6-15)24(9-10-27-2)20(26)17-12-18(28-23-17)14-3-4-14/h12-16H,3-11,21H2,1-2H3,(H,22,25)/t13-,15-,16-/m1/s1. The summed E-state index contributed by atoms with van der Waals surface area (Å²) in [6.07, 6.45) is 5.92. The number of nitrogens with zero attached hydrogens (tertiary/aromatic N) is 2. The van der Waals surface area contributed by atoms with Crippen LogP contribution in [0.1, 0.15) is 74.0 Å². The average molecular weight is 393 g/mol. The molecule has 0 spiro atoms. The maximum Gasteiger partial charge on any atom is 0.276 e. The van der Waals surface area contributed by atoms with E-state index in [9.17, 15) is 9.59 Å². The fraction of sp³-hybridized carbons (Fsp3) is 0.750. The summed E-state index contributed by atoms with van der Waals surface area (Å²) >= 11 is 0. The summed E-state index contributed by atoms with van der Waals surface area (Å²) in [4.78, 5) is 26.9. The topological polar surface area (TPSA) is 111 Å². The van der Waals surface area contributed by atoms with E-state index in [1.165, 1.54) is 0 Å². The Bertz CT molecular complexity index is 663. The van der Waals surface area contributed by atoms with Crippen LogP contribution in [0, 0.1) is 0 Å². The molecule has 2 fully saturated rings. The third-order valence-electron chi connectivity index (χ3n) is 5.53. The average Bonchev–Trinajstić information content (AvgIpc) is 3.39. The van der Waals surface area contributed by atoms with Crippen LogP contribution < -0.4 is 11.1 Å². The number of carbonyl (C=O) groups is 2. The molecule has 1 aromatic rings. The van der Waals surface area contributed by atoms with Crippen molar-refractivity contribution < 1.29 is 18.8 Å². The lowest BCUT2D eigenvalue weighted by Gasteiger charge is -2.36. The summed E-state index contributed by atoms with van der Waals surface area (Å²) in [6.45, 7) is 2.83. The summed E-state index contributed by atoms with van der Waals surface area (Å²) in [5.74, 6) is 1.14. The molecule has 0 unspecified atom stereocenters. The van der Waals surface area contributed by atoms with Crippen molar-refractivity contribution in [2.75, 3.05) is 20.3 Å². The highest BCUT2D eigenvalue weighted by Gasteiger charge is 2.33. The highest BCUT2D eigenvalue weighted by Crippen LogP contribution is 2.40. The van der Waals surface area contributed by atoms with Crippen LogP contribution >= 0.6 is 0 Å². The summed E-state index contributed by atoms with van der Waals surface area (Å²) in [5, 5.41) is 7.07. The molecule has 3 rings (SSSR count). The van der Waals surface area contributed by atoms with Crippen molar-refractivity contribution in [1.82, 2.24) is 15.4 Å². The number of methoxy groups -OCH3 is 1. The lowest BCUT2D eigenvalue weighted by atomic mass is 9.89. The first-order valence-electron chi connectivity index (χ1n) is 10.3. The SMILES string of the molecule is COCCN(C(=O)c1cc(C2CC2)on1)[C@H]1CC[C@H](NC(=O)C[C@@H](C)N)CC1. The van der Waals surface area contributed by atoms with Crippen LogP contribution in [-0.4, -0.2) is 60.3 Å². The van der Waals surface area contributed by atoms with Crippen molar-refractivity contribution in [2.45, 2.75) is 75.9 Å². The number of hydrogen-bond donors (Lipinski definition) is 2. The number of amides is 2. The molecule has 156 valence electrons. The molecular formula is C20H32N4O4. The van der Waals surface area contributed by atoms with Gasteiger partial charge in [0.25, 0.3) is 5.91 Å². The third-order valence-corrected chi connectivity index (χ3v) is 5.53. The molecule has 2 saturated carbocycles. The van der Waals surface area contributed by atoms with E-state index < -0.39 is 0 Å². The Morgan fingerprint density at radius 1 is 1.32 bits per heavy atom. The van der Waals surface area contributed by atoms with E-state index >= 15 is 0 Å². The maximum absolute atomic E-state index is 13.1. The summed E-state index contributed by atoms with van der Waals surface area (Å²) in [5.41, 5.74) is 6.07. The molecule has 1 heterocycles. The van der Waals surface area contributed by atoms with Gasteiger partial charge in [0.15, 0.2) is 5.69 Å². The fourth-order valence-corrected chi connectivity index (χ4v) is 3.85. The molecular weight excluding hydrogens is 360 g/mol. The first-order chi connectivity index (χ1) is 13.5. The maximum atomic E-state index is 13.1. The van der Waals surface area contributed by atoms with Crippen molar-refractivity contribution in [3.05, 3.63) is 17.5 Å². The van der Waals surface area contributed by atoms with E-state index in [-0.39, 0.29) is 29.9 Å². The lowest BCUT2D eigenvalue weighted by Crippen LogP contribution is -2.47. The van der Waals surface area contributed by atoms with Gasteiger partial charge in [-0.1, -0.05) is 5.16 Å². The minimum atomic E-state index is -0.138. The van der Waals surface area contributed by atoms with E-state index in [0.717, 1.165) is 44.3 Å². The lowest BCUT2D eigenvalue weighted by molar-refractivity contribution is -0.122. The monoisotopic (exact) mass is 392 g/mol. The fourth-order valence-electron chi connectivity index (χ4n) is 3.85. The van der Waals surface area contributed by atoms with Gasteiger partial charge < -0.3 is 25.2 Å². The van der Waals surface area contributed by atoms with Crippen LogP contribution in [0.25, 0.3) is 0 Å². The van der Waals surface area contributed by atoms with Crippen LogP contribution in [0.2, 0.25) is 0 Å². The van der Waals surface area contributed by atoms with Gasteiger partial charge in [-0.15, -0.1) is 0 Å². The number of aromatic nitrogens is 1. The Morgan fingerprint density at radius 2 is 2.04 bits per heavy atom. The number of hydrogen-bond acceptors (Lipinski definition) is 6. The summed E-state index contributed by atoms with van der Waals surface area (Å²) in [7, 11) is 1.63. The van der Waals surface area contributed by atoms with Gasteiger partial charge in [0.2, 0.25) is 5.91 Å². The van der Waals surface area contributed by atoms with Gasteiger partial charge in [-0.2, -0.15) is 0 Å². The van der Waals surface area contributed by atoms with Crippen molar-refractivity contribution in [3.8, 4) is 0 Å². The second-order valence-corrected chi connectivity index (χ2v) is 8.13. The molecule has 3 N–H and O–H groups in total. The van der Waals surface area contributed by atoms with Gasteiger partial charge in [-0.25, -0.2) is 0 Å². The molecule has 2 aliphatic carbocycles. The van der Waals surface area contributed by atoms with Gasteiger partial charge in [0, 0.05) is 50.2 Å². The highest BCUT2D eigenvalue weighted by molar-refractivity contribution is 5.92. The number of nitrogens with two attached hydrogens (primary N) is 1. The Morgan fingerprint density at radius 3 is 2.64 bits per heavy atom. The van der Waals surface area contributed by atoms with Gasteiger partial charge in [-0.05, 0) is 45.4 Å². The van der Waals surface area contributed by atoms with Crippen LogP contribution in [0.15, 0.2) is 10.6 Å². The van der Waals surface area contributed by atoms with E-state index in [1.807, 2.05) is 11.8 Å². The van der Waals surface area contributed by atoms with Gasteiger partial charge in [-0.3, -0.25) is 9.59 Å². The van der Waals surface area contributed by atoms with Gasteiger partial charge >= 0.3 is 0 Å². The van der Waals surface area contributed by atoms with Crippen LogP contribution in [0.5, 0.6) is 0 Å². The second kappa shape index (κ2) is 9.52. The molecule has 8 nitrogen and oxygen atoms in total. The molecule has 2 aliphatic rings. The molecule has 0 aliphatic heterocycles. The molecule has 0 bridgehead atoms. The predicted molar refractivity (Wildman–Crippen MR) is 104 cm³/mol. The van der Waals surface area contributed by atoms with Crippen LogP contribution in [-0.2, 0) is 9.53 Å². The van der Waals surface area contributed by atoms with Crippen molar-refractivity contribution in [3.63, 3.8) is 0 Å². The summed E-state index contributed by atoms with van der Waals surface area (Å²) in [6, 6.07) is 1.92. The van der Waals surface area contributed by atoms with Crippen molar-refractivity contribution in [2.24, 2.45) is 5.73 Å². The first kappa shape index (κ1) is 20.8. The number of ether oxygens (including phenoxy) is 1. The van der Waals surface area contributed by atoms with Gasteiger partial charge in [0.05, 0.1) is 6.61 Å². The molecule has 28 heavy (non-hydrogen) atoms. The number of nitrogens with one attached hydrogen (secondary N) is 1. The van der Waals surface area contributed by atoms with E-state index in [2.05, 4.69) is 10.5 Å². The van der Waals surface area contributed by atoms with E-state index in [0.29, 0.717) is 31.2 Å². The third kappa shape index (κ3) is 5.54. The number of carbonyl (C=O) groups excluding carboxylic acids is 2. The van der Waals surface area contributed by atoms with Gasteiger partial charge in [0.1, 0.15) is 5.76 Å². The van der Waals surface area contributed by atoms with Crippen LogP contribution in [0.4, 0.5) is 0 Å². The van der Waals surface area contributed by atoms with Crippen molar-refractivity contribution in [1.29, 1.82) is 0 Å². The molecule has 8 heteroatoms.